The molecule has 0 atom stereocenters. The number of rotatable bonds is 3. The number of hydrogen-bond donors (Lipinski definition) is 1. The van der Waals surface area contributed by atoms with Gasteiger partial charge in [0.2, 0.25) is 0 Å². The van der Waals surface area contributed by atoms with Crippen molar-refractivity contribution in [3.63, 3.8) is 0 Å². The van der Waals surface area contributed by atoms with Gasteiger partial charge in [-0.15, -0.1) is 0 Å². The molecule has 0 amide bonds. The molecule has 0 radical (unpaired) electrons. The molecule has 5 heteroatoms. The number of carbonyl (C=O) groups is 1. The maximum absolute atomic E-state index is 10.1. The quantitative estimate of drug-likeness (QED) is 0.206. The summed E-state index contributed by atoms with van der Waals surface area (Å²) in [6.45, 7) is 5.88. The van der Waals surface area contributed by atoms with Crippen LogP contribution in [-0.2, 0) is 9.68 Å². The van der Waals surface area contributed by atoms with Crippen LogP contribution in [0.1, 0.15) is 13.8 Å². The summed E-state index contributed by atoms with van der Waals surface area (Å²) < 4.78 is 0. The number of carboxylic acids is 1. The predicted octanol–water partition coefficient (Wildman–Crippen LogP) is -3.44. The Morgan fingerprint density at radius 1 is 1.64 bits per heavy atom. The van der Waals surface area contributed by atoms with Crippen molar-refractivity contribution in [3.05, 3.63) is 12.2 Å². The first-order chi connectivity index (χ1) is 4.41. The third kappa shape index (κ3) is 3.88. The van der Waals surface area contributed by atoms with Crippen molar-refractivity contribution in [2.45, 2.75) is 19.4 Å². The number of hydrogen-bond acceptors (Lipinski definition) is 4. The van der Waals surface area contributed by atoms with E-state index in [9.17, 15) is 9.90 Å². The van der Waals surface area contributed by atoms with E-state index in [0.717, 1.165) is 0 Å². The fraction of sp³-hybridized carbons (Fsp3) is 0.500. The van der Waals surface area contributed by atoms with E-state index >= 15 is 0 Å². The van der Waals surface area contributed by atoms with Crippen LogP contribution >= 0.6 is 0 Å². The third-order valence-electron chi connectivity index (χ3n) is 1.20. The fourth-order valence-electron chi connectivity index (χ4n) is 0.301. The summed E-state index contributed by atoms with van der Waals surface area (Å²) in [5, 5.41) is 18.3. The van der Waals surface area contributed by atoms with Gasteiger partial charge in [-0.25, -0.2) is 4.89 Å². The van der Waals surface area contributed by atoms with Crippen LogP contribution in [0.2, 0.25) is 0 Å². The summed E-state index contributed by atoms with van der Waals surface area (Å²) in [6, 6.07) is 0. The minimum Gasteiger partial charge on any atom is -0.545 e. The number of carboxylic acid groups (broad SMARTS) is 1. The molecule has 0 aromatic rings. The maximum atomic E-state index is 10.1. The molecular weight excluding hydrogens is 159 g/mol. The van der Waals surface area contributed by atoms with E-state index < -0.39 is 11.6 Å². The van der Waals surface area contributed by atoms with Gasteiger partial charge in [0.1, 0.15) is 5.60 Å². The van der Waals surface area contributed by atoms with Crippen LogP contribution in [-0.4, -0.2) is 16.8 Å². The molecule has 0 aliphatic carbocycles. The van der Waals surface area contributed by atoms with Gasteiger partial charge in [-0.05, 0) is 13.8 Å². The largest absolute Gasteiger partial charge is 1.00 e. The van der Waals surface area contributed by atoms with E-state index in [0.29, 0.717) is 0 Å². The van der Waals surface area contributed by atoms with Gasteiger partial charge in [-0.2, -0.15) is 0 Å². The summed E-state index contributed by atoms with van der Waals surface area (Å²) in [5.41, 5.74) is -1.58. The topological polar surface area (TPSA) is 69.6 Å². The first-order valence-electron chi connectivity index (χ1n) is 2.65. The Morgan fingerprint density at radius 3 is 2.09 bits per heavy atom. The van der Waals surface area contributed by atoms with E-state index in [-0.39, 0.29) is 35.1 Å². The zero-order chi connectivity index (χ0) is 8.36. The molecule has 0 aliphatic rings. The second-order valence-electron chi connectivity index (χ2n) is 2.37. The van der Waals surface area contributed by atoms with Gasteiger partial charge in [0, 0.05) is 5.57 Å². The molecule has 0 heterocycles. The van der Waals surface area contributed by atoms with E-state index in [2.05, 4.69) is 11.5 Å². The summed E-state index contributed by atoms with van der Waals surface area (Å²) in [7, 11) is 0. The van der Waals surface area contributed by atoms with Crippen LogP contribution < -0.4 is 34.7 Å². The molecule has 0 spiro atoms. The van der Waals surface area contributed by atoms with Crippen molar-refractivity contribution in [3.8, 4) is 0 Å². The van der Waals surface area contributed by atoms with Crippen LogP contribution in [0.5, 0.6) is 0 Å². The molecule has 0 aliphatic heterocycles. The van der Waals surface area contributed by atoms with E-state index in [1.807, 2.05) is 0 Å². The Balaban J connectivity index is 0. The minimum absolute atomic E-state index is 0. The normalized spacial score (nSPS) is 10.1. The first-order valence-corrected chi connectivity index (χ1v) is 2.65. The smallest absolute Gasteiger partial charge is 0.545 e. The molecule has 58 valence electrons. The Morgan fingerprint density at radius 2 is 2.00 bits per heavy atom. The summed E-state index contributed by atoms with van der Waals surface area (Å²) >= 11 is 0. The van der Waals surface area contributed by atoms with Crippen molar-refractivity contribution in [2.75, 3.05) is 0 Å². The van der Waals surface area contributed by atoms with Crippen LogP contribution in [0.3, 0.4) is 0 Å². The molecule has 0 unspecified atom stereocenters. The molecule has 0 saturated carbocycles. The Kier molecular flexibility index (Phi) is 6.10. The third-order valence-corrected chi connectivity index (χ3v) is 1.20. The molecule has 0 aromatic heterocycles. The van der Waals surface area contributed by atoms with Crippen LogP contribution in [0, 0.1) is 0 Å². The minimum atomic E-state index is -1.43. The average Bonchev–Trinajstić information content (AvgIpc) is 1.86. The molecule has 1 N–H and O–H groups in total. The van der Waals surface area contributed by atoms with E-state index in [1.165, 1.54) is 13.8 Å². The predicted molar refractivity (Wildman–Crippen MR) is 31.9 cm³/mol. The monoisotopic (exact) mass is 168 g/mol. The zero-order valence-electron chi connectivity index (χ0n) is 6.88. The maximum Gasteiger partial charge on any atom is 1.00 e. The standard InChI is InChI=1S/C6H10O4.Na/c1-4(5(7)8)6(2,3)10-9;/h9H,1H2,2-3H3,(H,7,8);/q;+1/p-1. The first kappa shape index (κ1) is 13.7. The Bertz CT molecular complexity index is 164. The van der Waals surface area contributed by atoms with E-state index in [1.54, 1.807) is 0 Å². The van der Waals surface area contributed by atoms with Crippen molar-refractivity contribution < 1.29 is 49.6 Å². The summed E-state index contributed by atoms with van der Waals surface area (Å²) in [4.78, 5) is 13.9. The van der Waals surface area contributed by atoms with E-state index in [4.69, 9.17) is 5.26 Å². The van der Waals surface area contributed by atoms with Crippen molar-refractivity contribution >= 4 is 5.97 Å². The molecule has 4 nitrogen and oxygen atoms in total. The number of carbonyl (C=O) groups excluding carboxylic acids is 1. The van der Waals surface area contributed by atoms with Crippen molar-refractivity contribution in [1.82, 2.24) is 0 Å². The van der Waals surface area contributed by atoms with Gasteiger partial charge in [0.15, 0.2) is 0 Å². The molecule has 0 aromatic carbocycles. The molecule has 0 rings (SSSR count). The molecule has 0 fully saturated rings. The molecule has 0 bridgehead atoms. The van der Waals surface area contributed by atoms with Gasteiger partial charge in [-0.1, -0.05) is 6.58 Å². The molecular formula is C6H9NaO4. The van der Waals surface area contributed by atoms with Gasteiger partial charge in [0.25, 0.3) is 0 Å². The number of aliphatic carboxylic acids is 1. The van der Waals surface area contributed by atoms with Crippen LogP contribution in [0.4, 0.5) is 0 Å². The zero-order valence-corrected chi connectivity index (χ0v) is 8.88. The average molecular weight is 168 g/mol. The SMILES string of the molecule is C=C(C(=O)[O-])C(C)(C)OO.[Na+]. The fourth-order valence-corrected chi connectivity index (χ4v) is 0.301. The van der Waals surface area contributed by atoms with Gasteiger partial charge in [0.05, 0.1) is 5.97 Å². The molecule has 0 saturated heterocycles. The second-order valence-corrected chi connectivity index (χ2v) is 2.37. The van der Waals surface area contributed by atoms with Crippen LogP contribution in [0.15, 0.2) is 12.2 Å². The van der Waals surface area contributed by atoms with Gasteiger partial charge in [-0.3, -0.25) is 5.26 Å². The Hall–Kier alpha value is 0.130. The second kappa shape index (κ2) is 4.90. The van der Waals surface area contributed by atoms with Gasteiger partial charge < -0.3 is 9.90 Å². The summed E-state index contributed by atoms with van der Waals surface area (Å²) in [5.74, 6) is -1.43. The van der Waals surface area contributed by atoms with Crippen molar-refractivity contribution in [1.29, 1.82) is 0 Å². The molecule has 11 heavy (non-hydrogen) atoms. The Labute approximate surface area is 87.1 Å². The van der Waals surface area contributed by atoms with Gasteiger partial charge >= 0.3 is 29.6 Å². The van der Waals surface area contributed by atoms with Crippen LogP contribution in [0.25, 0.3) is 0 Å². The van der Waals surface area contributed by atoms with Crippen molar-refractivity contribution in [2.24, 2.45) is 0 Å². The summed E-state index contributed by atoms with van der Waals surface area (Å²) in [6.07, 6.45) is 0.